The predicted molar refractivity (Wildman–Crippen MR) is 58.1 cm³/mol. The molecule has 1 saturated carbocycles. The molecule has 1 aliphatic rings. The Morgan fingerprint density at radius 1 is 1.65 bits per heavy atom. The molecule has 0 aromatic carbocycles. The molecule has 3 N–H and O–H groups in total. The van der Waals surface area contributed by atoms with Gasteiger partial charge in [-0.1, -0.05) is 6.92 Å². The maximum atomic E-state index is 11.8. The lowest BCUT2D eigenvalue weighted by atomic mass is 10.2. The normalized spacial score (nSPS) is 17.9. The van der Waals surface area contributed by atoms with Crippen LogP contribution in [0, 0.1) is 5.41 Å². The lowest BCUT2D eigenvalue weighted by Gasteiger charge is -2.09. The summed E-state index contributed by atoms with van der Waals surface area (Å²) in [7, 11) is -3.83. The molecule has 0 atom stereocenters. The minimum Gasteiger partial charge on any atom is -0.478 e. The molecule has 1 aromatic rings. The van der Waals surface area contributed by atoms with Crippen molar-refractivity contribution in [3.8, 4) is 0 Å². The average molecular weight is 259 g/mol. The van der Waals surface area contributed by atoms with Gasteiger partial charge in [0.05, 0.1) is 6.20 Å². The van der Waals surface area contributed by atoms with Gasteiger partial charge in [-0.25, -0.2) is 17.9 Å². The molecule has 2 rings (SSSR count). The molecular weight excluding hydrogens is 246 g/mol. The average Bonchev–Trinajstić information content (AvgIpc) is 2.81. The maximum absolute atomic E-state index is 11.8. The monoisotopic (exact) mass is 259 g/mol. The summed E-state index contributed by atoms with van der Waals surface area (Å²) in [6.07, 6.45) is 2.93. The van der Waals surface area contributed by atoms with Crippen LogP contribution in [0.25, 0.3) is 0 Å². The molecule has 0 aliphatic heterocycles. The third-order valence-electron chi connectivity index (χ3n) is 2.90. The van der Waals surface area contributed by atoms with Crippen LogP contribution in [0.15, 0.2) is 11.2 Å². The van der Waals surface area contributed by atoms with Gasteiger partial charge in [0, 0.05) is 6.54 Å². The third kappa shape index (κ3) is 2.47. The largest absolute Gasteiger partial charge is 0.478 e. The van der Waals surface area contributed by atoms with Crippen molar-refractivity contribution in [1.29, 1.82) is 0 Å². The van der Waals surface area contributed by atoms with Gasteiger partial charge >= 0.3 is 5.97 Å². The van der Waals surface area contributed by atoms with Crippen LogP contribution in [-0.2, 0) is 10.0 Å². The smallest absolute Gasteiger partial charge is 0.340 e. The number of carboxylic acids is 1. The van der Waals surface area contributed by atoms with Crippen LogP contribution in [0.3, 0.4) is 0 Å². The van der Waals surface area contributed by atoms with Gasteiger partial charge in [0.15, 0.2) is 5.03 Å². The van der Waals surface area contributed by atoms with Crippen LogP contribution in [0.4, 0.5) is 0 Å². The first-order chi connectivity index (χ1) is 7.84. The van der Waals surface area contributed by atoms with Crippen molar-refractivity contribution in [3.63, 3.8) is 0 Å². The van der Waals surface area contributed by atoms with Gasteiger partial charge in [0.2, 0.25) is 0 Å². The topological polar surface area (TPSA) is 112 Å². The lowest BCUT2D eigenvalue weighted by molar-refractivity contribution is 0.0692. The highest BCUT2D eigenvalue weighted by atomic mass is 32.2. The van der Waals surface area contributed by atoms with Crippen LogP contribution in [0.1, 0.15) is 30.1 Å². The number of nitrogens with one attached hydrogen (secondary N) is 2. The Hall–Kier alpha value is -1.41. The maximum Gasteiger partial charge on any atom is 0.340 e. The van der Waals surface area contributed by atoms with Crippen molar-refractivity contribution in [3.05, 3.63) is 11.8 Å². The van der Waals surface area contributed by atoms with Gasteiger partial charge in [-0.2, -0.15) is 5.10 Å². The summed E-state index contributed by atoms with van der Waals surface area (Å²) < 4.78 is 26.1. The highest BCUT2D eigenvalue weighted by molar-refractivity contribution is 7.89. The van der Waals surface area contributed by atoms with E-state index in [1.54, 1.807) is 0 Å². The van der Waals surface area contributed by atoms with E-state index < -0.39 is 21.0 Å². The summed E-state index contributed by atoms with van der Waals surface area (Å²) in [6, 6.07) is 0. The summed E-state index contributed by atoms with van der Waals surface area (Å²) in [4.78, 5) is 10.8. The molecule has 7 nitrogen and oxygen atoms in total. The Balaban J connectivity index is 2.19. The second-order valence-corrected chi connectivity index (χ2v) is 6.26. The molecule has 1 aliphatic carbocycles. The number of aromatic nitrogens is 2. The first-order valence-corrected chi connectivity index (χ1v) is 6.59. The molecule has 1 heterocycles. The molecule has 0 amide bonds. The van der Waals surface area contributed by atoms with Crippen LogP contribution in [0.5, 0.6) is 0 Å². The van der Waals surface area contributed by atoms with E-state index in [1.165, 1.54) is 0 Å². The molecule has 0 radical (unpaired) electrons. The van der Waals surface area contributed by atoms with Gasteiger partial charge in [-0.3, -0.25) is 5.10 Å². The number of H-pyrrole nitrogens is 1. The number of carbonyl (C=O) groups is 1. The zero-order valence-corrected chi connectivity index (χ0v) is 10.0. The minimum atomic E-state index is -3.83. The van der Waals surface area contributed by atoms with E-state index in [1.807, 2.05) is 6.92 Å². The van der Waals surface area contributed by atoms with Crippen LogP contribution in [-0.4, -0.2) is 36.2 Å². The number of sulfonamides is 1. The fourth-order valence-corrected chi connectivity index (χ4v) is 2.65. The van der Waals surface area contributed by atoms with Crippen molar-refractivity contribution in [1.82, 2.24) is 14.9 Å². The molecular formula is C9H13N3O4S. The molecule has 0 bridgehead atoms. The van der Waals surface area contributed by atoms with Gasteiger partial charge in [0.25, 0.3) is 10.0 Å². The SMILES string of the molecule is CC1(CNS(=O)(=O)c2[nH]ncc2C(=O)O)CC1. The van der Waals surface area contributed by atoms with Crippen molar-refractivity contribution < 1.29 is 18.3 Å². The Kier molecular flexibility index (Phi) is 2.70. The zero-order chi connectivity index (χ0) is 12.7. The zero-order valence-electron chi connectivity index (χ0n) is 9.23. The second kappa shape index (κ2) is 3.81. The summed E-state index contributed by atoms with van der Waals surface area (Å²) in [6.45, 7) is 2.29. The number of aromatic carboxylic acids is 1. The van der Waals surface area contributed by atoms with E-state index in [-0.39, 0.29) is 11.0 Å². The Morgan fingerprint density at radius 2 is 2.29 bits per heavy atom. The minimum absolute atomic E-state index is 0.0104. The Bertz CT molecular complexity index is 544. The van der Waals surface area contributed by atoms with Gasteiger partial charge in [0.1, 0.15) is 5.56 Å². The van der Waals surface area contributed by atoms with Crippen LogP contribution < -0.4 is 4.72 Å². The van der Waals surface area contributed by atoms with E-state index in [0.717, 1.165) is 19.0 Å². The molecule has 17 heavy (non-hydrogen) atoms. The van der Waals surface area contributed by atoms with E-state index >= 15 is 0 Å². The molecule has 1 fully saturated rings. The molecule has 0 spiro atoms. The van der Waals surface area contributed by atoms with Crippen molar-refractivity contribution in [2.75, 3.05) is 6.54 Å². The number of nitrogens with zero attached hydrogens (tertiary/aromatic N) is 1. The van der Waals surface area contributed by atoms with E-state index in [4.69, 9.17) is 5.11 Å². The number of aromatic amines is 1. The Morgan fingerprint density at radius 3 is 2.82 bits per heavy atom. The number of hydrogen-bond acceptors (Lipinski definition) is 4. The first-order valence-electron chi connectivity index (χ1n) is 5.10. The fraction of sp³-hybridized carbons (Fsp3) is 0.556. The highest BCUT2D eigenvalue weighted by Crippen LogP contribution is 2.44. The van der Waals surface area contributed by atoms with Crippen molar-refractivity contribution in [2.24, 2.45) is 5.41 Å². The highest BCUT2D eigenvalue weighted by Gasteiger charge is 2.38. The molecule has 0 saturated heterocycles. The van der Waals surface area contributed by atoms with Gasteiger partial charge < -0.3 is 5.11 Å². The quantitative estimate of drug-likeness (QED) is 0.698. The predicted octanol–water partition coefficient (Wildman–Crippen LogP) is 0.186. The van der Waals surface area contributed by atoms with Crippen molar-refractivity contribution >= 4 is 16.0 Å². The lowest BCUT2D eigenvalue weighted by Crippen LogP contribution is -2.30. The van der Waals surface area contributed by atoms with E-state index in [0.29, 0.717) is 6.54 Å². The fourth-order valence-electron chi connectivity index (χ4n) is 1.36. The number of hydrogen-bond donors (Lipinski definition) is 3. The third-order valence-corrected chi connectivity index (χ3v) is 4.27. The summed E-state index contributed by atoms with van der Waals surface area (Å²) >= 11 is 0. The molecule has 8 heteroatoms. The van der Waals surface area contributed by atoms with Gasteiger partial charge in [-0.15, -0.1) is 0 Å². The summed E-state index contributed by atoms with van der Waals surface area (Å²) in [5, 5.41) is 14.1. The number of rotatable bonds is 5. The van der Waals surface area contributed by atoms with E-state index in [9.17, 15) is 13.2 Å². The standard InChI is InChI=1S/C9H13N3O4S/c1-9(2-3-9)5-11-17(15,16)7-6(8(13)14)4-10-12-7/h4,11H,2-3,5H2,1H3,(H,10,12)(H,13,14). The van der Waals surface area contributed by atoms with Crippen LogP contribution >= 0.6 is 0 Å². The summed E-state index contributed by atoms with van der Waals surface area (Å²) in [5.74, 6) is -1.32. The molecule has 0 unspecified atom stereocenters. The second-order valence-electron chi connectivity index (χ2n) is 4.55. The Labute approximate surface area is 98.3 Å². The van der Waals surface area contributed by atoms with Crippen molar-refractivity contribution in [2.45, 2.75) is 24.8 Å². The molecule has 1 aromatic heterocycles. The van der Waals surface area contributed by atoms with E-state index in [2.05, 4.69) is 14.9 Å². The number of carboxylic acid groups (broad SMARTS) is 1. The first kappa shape index (κ1) is 12.1. The van der Waals surface area contributed by atoms with Gasteiger partial charge in [-0.05, 0) is 18.3 Å². The van der Waals surface area contributed by atoms with Crippen LogP contribution in [0.2, 0.25) is 0 Å². The summed E-state index contributed by atoms with van der Waals surface area (Å²) in [5.41, 5.74) is -0.338. The molecule has 94 valence electrons.